The van der Waals surface area contributed by atoms with Crippen molar-refractivity contribution in [2.24, 2.45) is 0 Å². The van der Waals surface area contributed by atoms with Gasteiger partial charge in [-0.25, -0.2) is 4.79 Å². The largest absolute Gasteiger partial charge is 0.504 e. The second kappa shape index (κ2) is 11.8. The summed E-state index contributed by atoms with van der Waals surface area (Å²) in [5.41, 5.74) is -1.66. The van der Waals surface area contributed by atoms with Crippen molar-refractivity contribution in [3.05, 3.63) is 86.4 Å². The van der Waals surface area contributed by atoms with Crippen LogP contribution in [0.1, 0.15) is 34.8 Å². The number of nitro groups is 1. The van der Waals surface area contributed by atoms with E-state index in [1.165, 1.54) is 18.2 Å². The van der Waals surface area contributed by atoms with Crippen molar-refractivity contribution in [3.8, 4) is 23.0 Å². The number of esters is 2. The summed E-state index contributed by atoms with van der Waals surface area (Å²) in [5.74, 6) is -2.73. The quantitative estimate of drug-likeness (QED) is 0.138. The minimum Gasteiger partial charge on any atom is -0.504 e. The number of rotatable bonds is 9. The van der Waals surface area contributed by atoms with Crippen LogP contribution >= 0.6 is 11.6 Å². The van der Waals surface area contributed by atoms with Crippen LogP contribution in [0.3, 0.4) is 0 Å². The number of hydrogen-bond donors (Lipinski definition) is 1. The van der Waals surface area contributed by atoms with Gasteiger partial charge in [-0.05, 0) is 55.3 Å². The zero-order chi connectivity index (χ0) is 28.0. The number of benzene rings is 3. The molecule has 0 saturated carbocycles. The summed E-state index contributed by atoms with van der Waals surface area (Å²) in [4.78, 5) is 34.9. The molecule has 0 aromatic heterocycles. The average Bonchev–Trinajstić information content (AvgIpc) is 2.84. The van der Waals surface area contributed by atoms with E-state index in [1.807, 2.05) is 0 Å². The van der Waals surface area contributed by atoms with E-state index in [0.717, 1.165) is 30.3 Å². The van der Waals surface area contributed by atoms with Crippen molar-refractivity contribution >= 4 is 29.2 Å². The lowest BCUT2D eigenvalue weighted by Gasteiger charge is -2.12. The van der Waals surface area contributed by atoms with E-state index in [-0.39, 0.29) is 41.7 Å². The summed E-state index contributed by atoms with van der Waals surface area (Å²) >= 11 is 5.88. The van der Waals surface area contributed by atoms with E-state index in [4.69, 9.17) is 25.8 Å². The normalized spacial score (nSPS) is 11.1. The van der Waals surface area contributed by atoms with E-state index in [0.29, 0.717) is 11.6 Å². The number of aryl methyl sites for hydroxylation is 1. The molecule has 0 amide bonds. The highest BCUT2D eigenvalue weighted by Crippen LogP contribution is 2.37. The van der Waals surface area contributed by atoms with Crippen molar-refractivity contribution in [3.63, 3.8) is 0 Å². The number of nitrogens with zero attached hydrogens (tertiary/aromatic N) is 1. The Morgan fingerprint density at radius 1 is 1.05 bits per heavy atom. The summed E-state index contributed by atoms with van der Waals surface area (Å²) in [6, 6.07) is 9.39. The number of phenolic OH excluding ortho intramolecular Hbond substituents is 1. The second-order valence-electron chi connectivity index (χ2n) is 7.68. The molecule has 0 spiro atoms. The van der Waals surface area contributed by atoms with E-state index in [2.05, 4.69) is 0 Å². The molecule has 0 aliphatic rings. The zero-order valence-corrected chi connectivity index (χ0v) is 20.3. The van der Waals surface area contributed by atoms with Crippen LogP contribution in [-0.4, -0.2) is 28.6 Å². The van der Waals surface area contributed by atoms with Crippen molar-refractivity contribution in [1.29, 1.82) is 0 Å². The summed E-state index contributed by atoms with van der Waals surface area (Å²) < 4.78 is 54.0. The topological polar surface area (TPSA) is 125 Å². The van der Waals surface area contributed by atoms with Crippen LogP contribution < -0.4 is 9.47 Å². The van der Waals surface area contributed by atoms with Crippen LogP contribution in [-0.2, 0) is 22.1 Å². The smallest absolute Gasteiger partial charge is 0.416 e. The number of carbonyl (C=O) groups is 2. The third-order valence-corrected chi connectivity index (χ3v) is 5.32. The van der Waals surface area contributed by atoms with Crippen molar-refractivity contribution in [1.82, 2.24) is 0 Å². The maximum atomic E-state index is 12.9. The van der Waals surface area contributed by atoms with Gasteiger partial charge in [-0.3, -0.25) is 14.9 Å². The lowest BCUT2D eigenvalue weighted by Crippen LogP contribution is -2.11. The minimum atomic E-state index is -4.63. The van der Waals surface area contributed by atoms with Gasteiger partial charge in [-0.15, -0.1) is 0 Å². The van der Waals surface area contributed by atoms with Gasteiger partial charge in [0.15, 0.2) is 11.5 Å². The Bertz CT molecular complexity index is 1380. The Balaban J connectivity index is 1.81. The summed E-state index contributed by atoms with van der Waals surface area (Å²) in [5, 5.41) is 21.3. The molecule has 3 rings (SSSR count). The Morgan fingerprint density at radius 3 is 2.37 bits per heavy atom. The Hall–Kier alpha value is -4.32. The number of halogens is 4. The average molecular weight is 554 g/mol. The first-order valence-electron chi connectivity index (χ1n) is 10.9. The van der Waals surface area contributed by atoms with E-state index < -0.39 is 45.6 Å². The van der Waals surface area contributed by atoms with Gasteiger partial charge in [0.25, 0.3) is 5.69 Å². The van der Waals surface area contributed by atoms with Crippen LogP contribution in [0.4, 0.5) is 18.9 Å². The molecular weight excluding hydrogens is 535 g/mol. The molecule has 0 aliphatic heterocycles. The molecule has 0 atom stereocenters. The highest BCUT2D eigenvalue weighted by atomic mass is 35.5. The molecule has 0 bridgehead atoms. The SMILES string of the molecule is CCOC(=O)CCc1ccc(OC(=O)c2cc(Oc3ccc(C(F)(F)F)cc3Cl)ccc2[N+](=O)[O-])c(O)c1. The van der Waals surface area contributed by atoms with Crippen LogP contribution in [0.5, 0.6) is 23.0 Å². The zero-order valence-electron chi connectivity index (χ0n) is 19.6. The first-order valence-corrected chi connectivity index (χ1v) is 11.3. The van der Waals surface area contributed by atoms with Crippen molar-refractivity contribution in [2.45, 2.75) is 25.9 Å². The molecule has 13 heteroatoms. The summed E-state index contributed by atoms with van der Waals surface area (Å²) in [7, 11) is 0. The van der Waals surface area contributed by atoms with Gasteiger partial charge in [0.2, 0.25) is 0 Å². The number of phenols is 1. The predicted octanol–water partition coefficient (Wildman–Crippen LogP) is 6.48. The second-order valence-corrected chi connectivity index (χ2v) is 8.08. The number of ether oxygens (including phenoxy) is 3. The third-order valence-electron chi connectivity index (χ3n) is 5.02. The van der Waals surface area contributed by atoms with Crippen molar-refractivity contribution in [2.75, 3.05) is 6.61 Å². The molecule has 0 saturated heterocycles. The van der Waals surface area contributed by atoms with Crippen LogP contribution in [0, 0.1) is 10.1 Å². The highest BCUT2D eigenvalue weighted by molar-refractivity contribution is 6.32. The van der Waals surface area contributed by atoms with Gasteiger partial charge in [0, 0.05) is 18.6 Å². The molecule has 0 radical (unpaired) electrons. The Kier molecular flexibility index (Phi) is 8.79. The van der Waals surface area contributed by atoms with Crippen LogP contribution in [0.15, 0.2) is 54.6 Å². The number of aromatic hydroxyl groups is 1. The van der Waals surface area contributed by atoms with Crippen LogP contribution in [0.2, 0.25) is 5.02 Å². The lowest BCUT2D eigenvalue weighted by atomic mass is 10.1. The fourth-order valence-electron chi connectivity index (χ4n) is 3.23. The van der Waals surface area contributed by atoms with E-state index in [1.54, 1.807) is 6.92 Å². The molecule has 9 nitrogen and oxygen atoms in total. The van der Waals surface area contributed by atoms with Crippen molar-refractivity contribution < 1.29 is 47.0 Å². The van der Waals surface area contributed by atoms with Gasteiger partial charge in [-0.1, -0.05) is 17.7 Å². The number of carbonyl (C=O) groups excluding carboxylic acids is 2. The molecule has 38 heavy (non-hydrogen) atoms. The molecular formula is C25H19ClF3NO8. The highest BCUT2D eigenvalue weighted by Gasteiger charge is 2.31. The number of nitro benzene ring substituents is 1. The van der Waals surface area contributed by atoms with Gasteiger partial charge in [-0.2, -0.15) is 13.2 Å². The Morgan fingerprint density at radius 2 is 1.76 bits per heavy atom. The molecule has 1 N–H and O–H groups in total. The third kappa shape index (κ3) is 7.13. The standard InChI is InChI=1S/C25H19ClF3NO8/c1-2-36-23(32)10-4-14-3-8-22(20(31)11-14)38-24(33)17-13-16(6-7-19(17)30(34)35)37-21-9-5-15(12-18(21)26)25(27,28)29/h3,5-9,11-13,31H,2,4,10H2,1H3. The molecule has 3 aromatic carbocycles. The molecule has 0 aliphatic carbocycles. The number of hydrogen-bond acceptors (Lipinski definition) is 8. The fourth-order valence-corrected chi connectivity index (χ4v) is 3.45. The molecule has 0 heterocycles. The van der Waals surface area contributed by atoms with E-state index in [9.17, 15) is 38.0 Å². The molecule has 200 valence electrons. The van der Waals surface area contributed by atoms with Gasteiger partial charge < -0.3 is 19.3 Å². The monoisotopic (exact) mass is 553 g/mol. The van der Waals surface area contributed by atoms with Crippen LogP contribution in [0.25, 0.3) is 0 Å². The molecule has 0 fully saturated rings. The number of alkyl halides is 3. The van der Waals surface area contributed by atoms with Gasteiger partial charge in [0.05, 0.1) is 22.1 Å². The van der Waals surface area contributed by atoms with E-state index >= 15 is 0 Å². The predicted molar refractivity (Wildman–Crippen MR) is 128 cm³/mol. The van der Waals surface area contributed by atoms with Gasteiger partial charge in [0.1, 0.15) is 17.1 Å². The lowest BCUT2D eigenvalue weighted by molar-refractivity contribution is -0.385. The van der Waals surface area contributed by atoms with Gasteiger partial charge >= 0.3 is 18.1 Å². The molecule has 0 unspecified atom stereocenters. The maximum Gasteiger partial charge on any atom is 0.416 e. The fraction of sp³-hybridized carbons (Fsp3) is 0.200. The summed E-state index contributed by atoms with van der Waals surface area (Å²) in [6.07, 6.45) is -4.32. The first kappa shape index (κ1) is 28.3. The first-order chi connectivity index (χ1) is 17.9. The minimum absolute atomic E-state index is 0.0638. The molecule has 3 aromatic rings. The Labute approximate surface area is 218 Å². The summed E-state index contributed by atoms with van der Waals surface area (Å²) in [6.45, 7) is 1.90. The maximum absolute atomic E-state index is 12.9.